The predicted molar refractivity (Wildman–Crippen MR) is 120 cm³/mol. The van der Waals surface area contributed by atoms with Gasteiger partial charge in [-0.1, -0.05) is 18.2 Å². The molecule has 4 rings (SSSR count). The van der Waals surface area contributed by atoms with Gasteiger partial charge in [-0.25, -0.2) is 5.01 Å². The number of nitrogens with one attached hydrogen (secondary N) is 1. The van der Waals surface area contributed by atoms with Crippen LogP contribution in [0.3, 0.4) is 0 Å². The first kappa shape index (κ1) is 21.1. The SMILES string of the molecule is Cc1ccc(C)c(N2N=C(C(=O)Nc3cccc(OCC4CCCO4)c3)CCC2=O)c1. The number of carbonyl (C=O) groups is 2. The Morgan fingerprint density at radius 2 is 2.10 bits per heavy atom. The monoisotopic (exact) mass is 421 g/mol. The van der Waals surface area contributed by atoms with E-state index >= 15 is 0 Å². The molecule has 1 atom stereocenters. The molecule has 0 aromatic heterocycles. The summed E-state index contributed by atoms with van der Waals surface area (Å²) in [6, 6.07) is 13.1. The van der Waals surface area contributed by atoms with Crippen LogP contribution in [0.4, 0.5) is 11.4 Å². The quantitative estimate of drug-likeness (QED) is 0.765. The number of hydrazone groups is 1. The fourth-order valence-electron chi connectivity index (χ4n) is 3.68. The summed E-state index contributed by atoms with van der Waals surface area (Å²) in [5.74, 6) is 0.236. The fourth-order valence-corrected chi connectivity index (χ4v) is 3.68. The van der Waals surface area contributed by atoms with Crippen LogP contribution in [0.25, 0.3) is 0 Å². The van der Waals surface area contributed by atoms with Crippen molar-refractivity contribution >= 4 is 28.9 Å². The molecule has 2 amide bonds. The molecule has 2 aliphatic rings. The minimum absolute atomic E-state index is 0.116. The zero-order valence-electron chi connectivity index (χ0n) is 17.9. The molecule has 2 aromatic rings. The van der Waals surface area contributed by atoms with Crippen LogP contribution in [0.2, 0.25) is 0 Å². The zero-order chi connectivity index (χ0) is 21.8. The van der Waals surface area contributed by atoms with Crippen molar-refractivity contribution in [2.75, 3.05) is 23.5 Å². The maximum absolute atomic E-state index is 12.8. The number of anilines is 2. The molecule has 2 heterocycles. The van der Waals surface area contributed by atoms with Crippen molar-refractivity contribution in [3.05, 3.63) is 53.6 Å². The Morgan fingerprint density at radius 1 is 1.23 bits per heavy atom. The van der Waals surface area contributed by atoms with Gasteiger partial charge in [-0.2, -0.15) is 5.10 Å². The maximum Gasteiger partial charge on any atom is 0.271 e. The fraction of sp³-hybridized carbons (Fsp3) is 0.375. The van der Waals surface area contributed by atoms with Crippen LogP contribution >= 0.6 is 0 Å². The van der Waals surface area contributed by atoms with Crippen molar-refractivity contribution in [2.45, 2.75) is 45.6 Å². The van der Waals surface area contributed by atoms with Crippen LogP contribution in [0, 0.1) is 13.8 Å². The van der Waals surface area contributed by atoms with Crippen molar-refractivity contribution < 1.29 is 19.1 Å². The Hall–Kier alpha value is -3.19. The van der Waals surface area contributed by atoms with E-state index in [-0.39, 0.29) is 24.3 Å². The van der Waals surface area contributed by atoms with Crippen LogP contribution in [-0.2, 0) is 14.3 Å². The number of hydrogen-bond acceptors (Lipinski definition) is 5. The first-order valence-electron chi connectivity index (χ1n) is 10.6. The van der Waals surface area contributed by atoms with Gasteiger partial charge in [0.05, 0.1) is 11.8 Å². The summed E-state index contributed by atoms with van der Waals surface area (Å²) in [6.45, 7) is 5.17. The number of amides is 2. The molecule has 7 heteroatoms. The largest absolute Gasteiger partial charge is 0.491 e. The first-order chi connectivity index (χ1) is 15.0. The summed E-state index contributed by atoms with van der Waals surface area (Å²) < 4.78 is 11.4. The van der Waals surface area contributed by atoms with Crippen LogP contribution in [0.1, 0.15) is 36.8 Å². The second kappa shape index (κ2) is 9.31. The van der Waals surface area contributed by atoms with E-state index in [0.717, 1.165) is 30.6 Å². The van der Waals surface area contributed by atoms with Gasteiger partial charge in [0.1, 0.15) is 18.1 Å². The molecule has 0 saturated carbocycles. The molecule has 0 spiro atoms. The van der Waals surface area contributed by atoms with Gasteiger partial charge in [-0.3, -0.25) is 9.59 Å². The molecule has 1 unspecified atom stereocenters. The number of hydrogen-bond donors (Lipinski definition) is 1. The molecular formula is C24H27N3O4. The Labute approximate surface area is 182 Å². The average Bonchev–Trinajstić information content (AvgIpc) is 3.28. The Balaban J connectivity index is 1.45. The third kappa shape index (κ3) is 5.11. The zero-order valence-corrected chi connectivity index (χ0v) is 17.9. The van der Waals surface area contributed by atoms with E-state index in [1.807, 2.05) is 44.2 Å². The van der Waals surface area contributed by atoms with Gasteiger partial charge in [-0.05, 0) is 56.0 Å². The lowest BCUT2D eigenvalue weighted by Gasteiger charge is -2.24. The first-order valence-corrected chi connectivity index (χ1v) is 10.6. The minimum atomic E-state index is -0.320. The summed E-state index contributed by atoms with van der Waals surface area (Å²) in [5.41, 5.74) is 3.61. The van der Waals surface area contributed by atoms with E-state index in [0.29, 0.717) is 35.9 Å². The highest BCUT2D eigenvalue weighted by Crippen LogP contribution is 2.26. The average molecular weight is 421 g/mol. The smallest absolute Gasteiger partial charge is 0.271 e. The second-order valence-electron chi connectivity index (χ2n) is 7.97. The number of carbonyl (C=O) groups excluding carboxylic acids is 2. The molecule has 162 valence electrons. The third-order valence-corrected chi connectivity index (χ3v) is 5.44. The van der Waals surface area contributed by atoms with Gasteiger partial charge in [0.2, 0.25) is 5.91 Å². The molecule has 0 aliphatic carbocycles. The van der Waals surface area contributed by atoms with Crippen molar-refractivity contribution in [3.8, 4) is 5.75 Å². The molecule has 2 aromatic carbocycles. The molecule has 0 bridgehead atoms. The number of aryl methyl sites for hydroxylation is 2. The summed E-state index contributed by atoms with van der Waals surface area (Å²) >= 11 is 0. The van der Waals surface area contributed by atoms with Crippen molar-refractivity contribution in [2.24, 2.45) is 5.10 Å². The molecule has 1 fully saturated rings. The third-order valence-electron chi connectivity index (χ3n) is 5.44. The van der Waals surface area contributed by atoms with E-state index in [9.17, 15) is 9.59 Å². The number of rotatable bonds is 6. The normalized spacial score (nSPS) is 18.6. The Morgan fingerprint density at radius 3 is 2.90 bits per heavy atom. The van der Waals surface area contributed by atoms with Crippen molar-refractivity contribution in [3.63, 3.8) is 0 Å². The molecule has 1 N–H and O–H groups in total. The lowest BCUT2D eigenvalue weighted by Crippen LogP contribution is -2.36. The second-order valence-corrected chi connectivity index (χ2v) is 7.97. The highest BCUT2D eigenvalue weighted by Gasteiger charge is 2.26. The van der Waals surface area contributed by atoms with Gasteiger partial charge >= 0.3 is 0 Å². The maximum atomic E-state index is 12.8. The molecular weight excluding hydrogens is 394 g/mol. The van der Waals surface area contributed by atoms with Crippen molar-refractivity contribution in [1.82, 2.24) is 0 Å². The summed E-state index contributed by atoms with van der Waals surface area (Å²) in [7, 11) is 0. The number of nitrogens with zero attached hydrogens (tertiary/aromatic N) is 2. The van der Waals surface area contributed by atoms with Gasteiger partial charge in [-0.15, -0.1) is 0 Å². The predicted octanol–water partition coefficient (Wildman–Crippen LogP) is 3.98. The molecule has 0 radical (unpaired) electrons. The van der Waals surface area contributed by atoms with Gasteiger partial charge in [0, 0.05) is 31.2 Å². The minimum Gasteiger partial charge on any atom is -0.491 e. The van der Waals surface area contributed by atoms with E-state index in [2.05, 4.69) is 10.4 Å². The Bertz CT molecular complexity index is 1010. The van der Waals surface area contributed by atoms with Crippen LogP contribution in [0.5, 0.6) is 5.75 Å². The van der Waals surface area contributed by atoms with E-state index in [1.54, 1.807) is 12.1 Å². The summed E-state index contributed by atoms with van der Waals surface area (Å²) in [4.78, 5) is 25.3. The standard InChI is InChI=1S/C24H27N3O4/c1-16-8-9-17(2)22(13-16)27-23(28)11-10-21(26-27)24(29)25-18-5-3-6-19(14-18)31-15-20-7-4-12-30-20/h3,5-6,8-9,13-14,20H,4,7,10-12,15H2,1-2H3,(H,25,29). The van der Waals surface area contributed by atoms with Gasteiger partial charge < -0.3 is 14.8 Å². The highest BCUT2D eigenvalue weighted by atomic mass is 16.5. The van der Waals surface area contributed by atoms with Gasteiger partial charge in [0.25, 0.3) is 5.91 Å². The van der Waals surface area contributed by atoms with Crippen molar-refractivity contribution in [1.29, 1.82) is 0 Å². The number of ether oxygens (including phenoxy) is 2. The van der Waals surface area contributed by atoms with Crippen LogP contribution in [0.15, 0.2) is 47.6 Å². The highest BCUT2D eigenvalue weighted by molar-refractivity contribution is 6.44. The van der Waals surface area contributed by atoms with E-state index in [4.69, 9.17) is 9.47 Å². The van der Waals surface area contributed by atoms with E-state index in [1.165, 1.54) is 5.01 Å². The van der Waals surface area contributed by atoms with Crippen LogP contribution < -0.4 is 15.1 Å². The van der Waals surface area contributed by atoms with Crippen LogP contribution in [-0.4, -0.2) is 36.8 Å². The summed E-state index contributed by atoms with van der Waals surface area (Å²) in [6.07, 6.45) is 2.74. The lowest BCUT2D eigenvalue weighted by molar-refractivity contribution is -0.118. The van der Waals surface area contributed by atoms with Gasteiger partial charge in [0.15, 0.2) is 0 Å². The lowest BCUT2D eigenvalue weighted by atomic mass is 10.1. The summed E-state index contributed by atoms with van der Waals surface area (Å²) in [5, 5.41) is 8.61. The topological polar surface area (TPSA) is 80.2 Å². The molecule has 7 nitrogen and oxygen atoms in total. The number of benzene rings is 2. The molecule has 2 aliphatic heterocycles. The van der Waals surface area contributed by atoms with E-state index < -0.39 is 0 Å². The Kier molecular flexibility index (Phi) is 6.32. The molecule has 31 heavy (non-hydrogen) atoms. The molecule has 1 saturated heterocycles.